The lowest BCUT2D eigenvalue weighted by molar-refractivity contribution is -0.137. The van der Waals surface area contributed by atoms with Gasteiger partial charge in [0.05, 0.1) is 7.11 Å². The van der Waals surface area contributed by atoms with Gasteiger partial charge in [0.2, 0.25) is 0 Å². The molecule has 0 aliphatic carbocycles. The van der Waals surface area contributed by atoms with Crippen LogP contribution in [0.4, 0.5) is 0 Å². The van der Waals surface area contributed by atoms with E-state index in [-0.39, 0.29) is 12.5 Å². The van der Waals surface area contributed by atoms with Gasteiger partial charge in [-0.15, -0.1) is 0 Å². The molecule has 1 aromatic carbocycles. The Bertz CT molecular complexity index is 524. The third kappa shape index (κ3) is 2.54. The maximum absolute atomic E-state index is 12.2. The summed E-state index contributed by atoms with van der Waals surface area (Å²) in [7, 11) is 1.61. The number of carbonyl (C=O) groups excluding carboxylic acids is 1. The summed E-state index contributed by atoms with van der Waals surface area (Å²) in [6, 6.07) is 3.72. The SMILES string of the molecule is CCc1cc2c(cc1OC)CCN(CC(=O)O)C2=O. The van der Waals surface area contributed by atoms with Crippen molar-refractivity contribution < 1.29 is 19.4 Å². The number of rotatable bonds is 4. The maximum atomic E-state index is 12.2. The molecule has 1 aromatic rings. The van der Waals surface area contributed by atoms with Gasteiger partial charge < -0.3 is 14.7 Å². The van der Waals surface area contributed by atoms with E-state index in [4.69, 9.17) is 9.84 Å². The molecule has 0 unspecified atom stereocenters. The average molecular weight is 263 g/mol. The highest BCUT2D eigenvalue weighted by Gasteiger charge is 2.27. The minimum atomic E-state index is -0.985. The second-order valence-electron chi connectivity index (χ2n) is 4.55. The minimum Gasteiger partial charge on any atom is -0.496 e. The molecule has 0 fully saturated rings. The molecule has 0 aromatic heterocycles. The molecular formula is C14H17NO4. The first-order valence-electron chi connectivity index (χ1n) is 6.27. The molecule has 1 amide bonds. The quantitative estimate of drug-likeness (QED) is 0.890. The number of aliphatic carboxylic acids is 1. The van der Waals surface area contributed by atoms with E-state index in [1.807, 2.05) is 19.1 Å². The molecule has 0 atom stereocenters. The normalized spacial score (nSPS) is 14.2. The molecule has 1 N–H and O–H groups in total. The van der Waals surface area contributed by atoms with Gasteiger partial charge in [-0.25, -0.2) is 0 Å². The Hall–Kier alpha value is -2.04. The number of nitrogens with zero attached hydrogens (tertiary/aromatic N) is 1. The zero-order valence-electron chi connectivity index (χ0n) is 11.1. The zero-order valence-corrected chi connectivity index (χ0v) is 11.1. The van der Waals surface area contributed by atoms with Crippen LogP contribution in [0.25, 0.3) is 0 Å². The van der Waals surface area contributed by atoms with E-state index >= 15 is 0 Å². The Morgan fingerprint density at radius 1 is 1.47 bits per heavy atom. The summed E-state index contributed by atoms with van der Waals surface area (Å²) in [6.07, 6.45) is 1.43. The van der Waals surface area contributed by atoms with Crippen molar-refractivity contribution in [2.45, 2.75) is 19.8 Å². The van der Waals surface area contributed by atoms with Crippen molar-refractivity contribution in [2.24, 2.45) is 0 Å². The van der Waals surface area contributed by atoms with E-state index in [2.05, 4.69) is 0 Å². The molecule has 1 heterocycles. The third-order valence-electron chi connectivity index (χ3n) is 3.38. The van der Waals surface area contributed by atoms with E-state index in [9.17, 15) is 9.59 Å². The van der Waals surface area contributed by atoms with E-state index in [0.717, 1.165) is 23.3 Å². The average Bonchev–Trinajstić information content (AvgIpc) is 2.40. The van der Waals surface area contributed by atoms with E-state index in [1.165, 1.54) is 4.90 Å². The highest BCUT2D eigenvalue weighted by atomic mass is 16.5. The Morgan fingerprint density at radius 2 is 2.21 bits per heavy atom. The summed E-state index contributed by atoms with van der Waals surface area (Å²) in [5, 5.41) is 8.80. The second-order valence-corrected chi connectivity index (χ2v) is 4.55. The van der Waals surface area contributed by atoms with Crippen molar-refractivity contribution in [1.29, 1.82) is 0 Å². The fourth-order valence-corrected chi connectivity index (χ4v) is 2.38. The molecule has 102 valence electrons. The Kier molecular flexibility index (Phi) is 3.74. The number of aryl methyl sites for hydroxylation is 1. The third-order valence-corrected chi connectivity index (χ3v) is 3.38. The monoisotopic (exact) mass is 263 g/mol. The van der Waals surface area contributed by atoms with Gasteiger partial charge in [-0.1, -0.05) is 6.92 Å². The van der Waals surface area contributed by atoms with Crippen molar-refractivity contribution in [3.05, 3.63) is 28.8 Å². The Balaban J connectivity index is 2.37. The van der Waals surface area contributed by atoms with Crippen LogP contribution in [0.2, 0.25) is 0 Å². The van der Waals surface area contributed by atoms with Crippen LogP contribution in [-0.4, -0.2) is 42.1 Å². The van der Waals surface area contributed by atoms with E-state index in [1.54, 1.807) is 7.11 Å². The smallest absolute Gasteiger partial charge is 0.323 e. The molecular weight excluding hydrogens is 246 g/mol. The first-order chi connectivity index (χ1) is 9.06. The molecule has 0 radical (unpaired) electrons. The maximum Gasteiger partial charge on any atom is 0.323 e. The number of carboxylic acid groups (broad SMARTS) is 1. The van der Waals surface area contributed by atoms with Gasteiger partial charge in [0, 0.05) is 12.1 Å². The van der Waals surface area contributed by atoms with Gasteiger partial charge in [0.25, 0.3) is 5.91 Å². The first kappa shape index (κ1) is 13.4. The summed E-state index contributed by atoms with van der Waals surface area (Å²) < 4.78 is 5.31. The van der Waals surface area contributed by atoms with Gasteiger partial charge >= 0.3 is 5.97 Å². The lowest BCUT2D eigenvalue weighted by Gasteiger charge is -2.28. The Morgan fingerprint density at radius 3 is 2.79 bits per heavy atom. The number of amides is 1. The number of carbonyl (C=O) groups is 2. The summed E-state index contributed by atoms with van der Waals surface area (Å²) >= 11 is 0. The van der Waals surface area contributed by atoms with Gasteiger partial charge in [-0.2, -0.15) is 0 Å². The summed E-state index contributed by atoms with van der Waals surface area (Å²) in [4.78, 5) is 24.3. The summed E-state index contributed by atoms with van der Waals surface area (Å²) in [6.45, 7) is 2.19. The van der Waals surface area contributed by atoms with Crippen LogP contribution in [0.5, 0.6) is 5.75 Å². The molecule has 1 aliphatic heterocycles. The van der Waals surface area contributed by atoms with E-state index in [0.29, 0.717) is 18.5 Å². The standard InChI is InChI=1S/C14H17NO4/c1-3-9-6-11-10(7-12(9)19-2)4-5-15(14(11)18)8-13(16)17/h6-7H,3-5,8H2,1-2H3,(H,16,17). The van der Waals surface area contributed by atoms with Crippen LogP contribution in [0.15, 0.2) is 12.1 Å². The number of methoxy groups -OCH3 is 1. The molecule has 1 aliphatic rings. The number of ether oxygens (including phenoxy) is 1. The largest absolute Gasteiger partial charge is 0.496 e. The predicted molar refractivity (Wildman–Crippen MR) is 69.6 cm³/mol. The Labute approximate surface area is 111 Å². The van der Waals surface area contributed by atoms with Crippen LogP contribution in [0.1, 0.15) is 28.4 Å². The highest BCUT2D eigenvalue weighted by molar-refractivity contribution is 5.98. The highest BCUT2D eigenvalue weighted by Crippen LogP contribution is 2.28. The van der Waals surface area contributed by atoms with Crippen LogP contribution in [0.3, 0.4) is 0 Å². The van der Waals surface area contributed by atoms with Crippen LogP contribution in [0, 0.1) is 0 Å². The number of benzene rings is 1. The van der Waals surface area contributed by atoms with Crippen molar-refractivity contribution >= 4 is 11.9 Å². The molecule has 0 saturated carbocycles. The topological polar surface area (TPSA) is 66.8 Å². The lowest BCUT2D eigenvalue weighted by Crippen LogP contribution is -2.40. The molecule has 0 bridgehead atoms. The fourth-order valence-electron chi connectivity index (χ4n) is 2.38. The molecule has 5 heteroatoms. The molecule has 0 saturated heterocycles. The number of carboxylic acids is 1. The van der Waals surface area contributed by atoms with Crippen molar-refractivity contribution in [3.63, 3.8) is 0 Å². The molecule has 5 nitrogen and oxygen atoms in total. The second kappa shape index (κ2) is 5.30. The minimum absolute atomic E-state index is 0.207. The van der Waals surface area contributed by atoms with E-state index < -0.39 is 5.97 Å². The summed E-state index contributed by atoms with van der Waals surface area (Å²) in [5.41, 5.74) is 2.50. The van der Waals surface area contributed by atoms with Crippen LogP contribution in [-0.2, 0) is 17.6 Å². The van der Waals surface area contributed by atoms with Crippen LogP contribution < -0.4 is 4.74 Å². The number of fused-ring (bicyclic) bond motifs is 1. The predicted octanol–water partition coefficient (Wildman–Crippen LogP) is 1.34. The first-order valence-corrected chi connectivity index (χ1v) is 6.27. The van der Waals surface area contributed by atoms with Crippen molar-refractivity contribution in [3.8, 4) is 5.75 Å². The van der Waals surface area contributed by atoms with Gasteiger partial charge in [-0.05, 0) is 36.1 Å². The van der Waals surface area contributed by atoms with Crippen LogP contribution >= 0.6 is 0 Å². The van der Waals surface area contributed by atoms with Gasteiger partial charge in [0.15, 0.2) is 0 Å². The molecule has 19 heavy (non-hydrogen) atoms. The van der Waals surface area contributed by atoms with Crippen molar-refractivity contribution in [1.82, 2.24) is 4.90 Å². The lowest BCUT2D eigenvalue weighted by atomic mass is 9.95. The summed E-state index contributed by atoms with van der Waals surface area (Å²) in [5.74, 6) is -0.400. The van der Waals surface area contributed by atoms with Gasteiger partial charge in [0.1, 0.15) is 12.3 Å². The zero-order chi connectivity index (χ0) is 14.0. The molecule has 2 rings (SSSR count). The molecule has 0 spiro atoms. The number of hydrogen-bond acceptors (Lipinski definition) is 3. The number of hydrogen-bond donors (Lipinski definition) is 1. The van der Waals surface area contributed by atoms with Gasteiger partial charge in [-0.3, -0.25) is 9.59 Å². The van der Waals surface area contributed by atoms with Crippen molar-refractivity contribution in [2.75, 3.05) is 20.2 Å². The fraction of sp³-hybridized carbons (Fsp3) is 0.429.